The minimum Gasteiger partial charge on any atom is -0.457 e. The third kappa shape index (κ3) is 3.11. The molecule has 0 saturated carbocycles. The number of hydrogen-bond acceptors (Lipinski definition) is 5. The van der Waals surface area contributed by atoms with Crippen LogP contribution in [0.25, 0.3) is 0 Å². The SMILES string of the molecule is CCC(=O)OC1Cc2ccccc2C2C(N=NN2C(C)C)c2ccccc21. The van der Waals surface area contributed by atoms with Crippen LogP contribution in [0.3, 0.4) is 0 Å². The van der Waals surface area contributed by atoms with Gasteiger partial charge in [0.2, 0.25) is 0 Å². The first-order valence-electron chi connectivity index (χ1n) is 9.65. The van der Waals surface area contributed by atoms with Crippen LogP contribution in [0, 0.1) is 0 Å². The lowest BCUT2D eigenvalue weighted by atomic mass is 9.81. The van der Waals surface area contributed by atoms with E-state index in [2.05, 4.69) is 59.5 Å². The summed E-state index contributed by atoms with van der Waals surface area (Å²) in [6.07, 6.45) is 0.723. The first-order chi connectivity index (χ1) is 13.1. The molecule has 0 amide bonds. The van der Waals surface area contributed by atoms with E-state index in [1.54, 1.807) is 0 Å². The van der Waals surface area contributed by atoms with E-state index in [1.165, 1.54) is 11.1 Å². The Morgan fingerprint density at radius 3 is 2.48 bits per heavy atom. The van der Waals surface area contributed by atoms with Crippen LogP contribution in [-0.2, 0) is 16.0 Å². The summed E-state index contributed by atoms with van der Waals surface area (Å²) in [5.41, 5.74) is 4.54. The maximum atomic E-state index is 12.1. The van der Waals surface area contributed by atoms with E-state index in [-0.39, 0.29) is 30.2 Å². The number of nitrogens with zero attached hydrogens (tertiary/aromatic N) is 3. The normalized spacial score (nSPS) is 23.3. The molecule has 2 aromatic rings. The molecule has 0 fully saturated rings. The van der Waals surface area contributed by atoms with Crippen molar-refractivity contribution in [2.45, 2.75) is 57.8 Å². The highest BCUT2D eigenvalue weighted by Crippen LogP contribution is 2.48. The van der Waals surface area contributed by atoms with Crippen LogP contribution < -0.4 is 0 Å². The first kappa shape index (κ1) is 17.7. The number of benzene rings is 2. The van der Waals surface area contributed by atoms with E-state index in [1.807, 2.05) is 25.1 Å². The number of ether oxygens (including phenoxy) is 1. The van der Waals surface area contributed by atoms with E-state index < -0.39 is 0 Å². The molecule has 0 aromatic heterocycles. The van der Waals surface area contributed by atoms with E-state index >= 15 is 0 Å². The Kier molecular flexibility index (Phi) is 4.68. The maximum Gasteiger partial charge on any atom is 0.306 e. The van der Waals surface area contributed by atoms with Gasteiger partial charge in [-0.2, -0.15) is 5.11 Å². The molecular weight excluding hydrogens is 338 g/mol. The Labute approximate surface area is 160 Å². The summed E-state index contributed by atoms with van der Waals surface area (Å²) in [6.45, 7) is 6.11. The largest absolute Gasteiger partial charge is 0.457 e. The Balaban J connectivity index is 1.87. The molecule has 3 atom stereocenters. The van der Waals surface area contributed by atoms with Crippen LogP contribution in [0.1, 0.15) is 67.6 Å². The van der Waals surface area contributed by atoms with E-state index in [0.717, 1.165) is 11.1 Å². The van der Waals surface area contributed by atoms with Crippen LogP contribution in [0.2, 0.25) is 0 Å². The second-order valence-corrected chi connectivity index (χ2v) is 7.43. The number of rotatable bonds is 3. The third-order valence-electron chi connectivity index (χ3n) is 5.40. The molecule has 1 aliphatic heterocycles. The quantitative estimate of drug-likeness (QED) is 0.712. The van der Waals surface area contributed by atoms with Gasteiger partial charge in [0.25, 0.3) is 0 Å². The van der Waals surface area contributed by atoms with Crippen LogP contribution in [0.15, 0.2) is 58.9 Å². The lowest BCUT2D eigenvalue weighted by Gasteiger charge is -2.34. The fourth-order valence-electron chi connectivity index (χ4n) is 4.09. The van der Waals surface area contributed by atoms with Crippen molar-refractivity contribution < 1.29 is 9.53 Å². The molecular formula is C22H25N3O2. The minimum absolute atomic E-state index is 0.0603. The number of fused-ring (bicyclic) bond motifs is 5. The van der Waals surface area contributed by atoms with Crippen molar-refractivity contribution in [2.75, 3.05) is 0 Å². The number of hydrogen-bond donors (Lipinski definition) is 0. The van der Waals surface area contributed by atoms with E-state index in [0.29, 0.717) is 12.8 Å². The number of carbonyl (C=O) groups excluding carboxylic acids is 1. The van der Waals surface area contributed by atoms with Crippen molar-refractivity contribution >= 4 is 5.97 Å². The van der Waals surface area contributed by atoms with Gasteiger partial charge in [0.05, 0.1) is 0 Å². The summed E-state index contributed by atoms with van der Waals surface area (Å²) in [6, 6.07) is 16.8. The molecule has 27 heavy (non-hydrogen) atoms. The average Bonchev–Trinajstić information content (AvgIpc) is 3.11. The van der Waals surface area contributed by atoms with Crippen LogP contribution in [0.5, 0.6) is 0 Å². The van der Waals surface area contributed by atoms with Gasteiger partial charge in [-0.05, 0) is 36.1 Å². The van der Waals surface area contributed by atoms with Gasteiger partial charge in [0.1, 0.15) is 18.2 Å². The summed E-state index contributed by atoms with van der Waals surface area (Å²) < 4.78 is 5.86. The maximum absolute atomic E-state index is 12.1. The Morgan fingerprint density at radius 2 is 1.78 bits per heavy atom. The number of esters is 1. The highest BCUT2D eigenvalue weighted by atomic mass is 16.5. The predicted molar refractivity (Wildman–Crippen MR) is 103 cm³/mol. The fourth-order valence-corrected chi connectivity index (χ4v) is 4.09. The van der Waals surface area contributed by atoms with Gasteiger partial charge in [-0.3, -0.25) is 9.80 Å². The zero-order valence-electron chi connectivity index (χ0n) is 16.0. The fraction of sp³-hybridized carbons (Fsp3) is 0.409. The lowest BCUT2D eigenvalue weighted by Crippen LogP contribution is -2.32. The molecule has 0 saturated heterocycles. The first-order valence-corrected chi connectivity index (χ1v) is 9.65. The predicted octanol–water partition coefficient (Wildman–Crippen LogP) is 5.11. The smallest absolute Gasteiger partial charge is 0.306 e. The van der Waals surface area contributed by atoms with Gasteiger partial charge >= 0.3 is 5.97 Å². The van der Waals surface area contributed by atoms with Crippen LogP contribution >= 0.6 is 0 Å². The molecule has 4 rings (SSSR count). The molecule has 3 unspecified atom stereocenters. The molecule has 2 aromatic carbocycles. The summed E-state index contributed by atoms with van der Waals surface area (Å²) >= 11 is 0. The highest BCUT2D eigenvalue weighted by molar-refractivity contribution is 5.69. The van der Waals surface area contributed by atoms with Gasteiger partial charge < -0.3 is 4.74 Å². The molecule has 5 nitrogen and oxygen atoms in total. The Bertz CT molecular complexity index is 877. The van der Waals surface area contributed by atoms with Gasteiger partial charge in [-0.1, -0.05) is 60.7 Å². The van der Waals surface area contributed by atoms with Crippen molar-refractivity contribution in [3.63, 3.8) is 0 Å². The molecule has 0 spiro atoms. The zero-order chi connectivity index (χ0) is 19.0. The molecule has 1 aliphatic carbocycles. The van der Waals surface area contributed by atoms with Crippen molar-refractivity contribution in [1.82, 2.24) is 5.01 Å². The second kappa shape index (κ2) is 7.14. The van der Waals surface area contributed by atoms with Gasteiger partial charge in [-0.15, -0.1) is 0 Å². The number of carbonyl (C=O) groups is 1. The summed E-state index contributed by atoms with van der Waals surface area (Å²) in [4.78, 5) is 12.1. The zero-order valence-corrected chi connectivity index (χ0v) is 16.0. The second-order valence-electron chi connectivity index (χ2n) is 7.43. The van der Waals surface area contributed by atoms with Crippen LogP contribution in [0.4, 0.5) is 0 Å². The van der Waals surface area contributed by atoms with E-state index in [9.17, 15) is 4.79 Å². The topological polar surface area (TPSA) is 54.3 Å². The standard InChI is InChI=1S/C22H25N3O2/c1-4-20(26)27-19-13-15-9-5-6-10-16(15)22-21(23-24-25(22)14(2)3)18-12-8-7-11-17(18)19/h5-12,14,19,21-22H,4,13H2,1-3H3. The van der Waals surface area contributed by atoms with Crippen molar-refractivity contribution in [1.29, 1.82) is 0 Å². The molecule has 0 bridgehead atoms. The molecule has 2 aliphatic rings. The Hall–Kier alpha value is -2.69. The van der Waals surface area contributed by atoms with Gasteiger partial charge in [-0.25, -0.2) is 0 Å². The summed E-state index contributed by atoms with van der Waals surface area (Å²) in [5.74, 6) is -0.179. The monoisotopic (exact) mass is 363 g/mol. The molecule has 5 heteroatoms. The molecule has 0 N–H and O–H groups in total. The van der Waals surface area contributed by atoms with Crippen molar-refractivity contribution in [2.24, 2.45) is 10.3 Å². The van der Waals surface area contributed by atoms with E-state index in [4.69, 9.17) is 4.74 Å². The van der Waals surface area contributed by atoms with Gasteiger partial charge in [0, 0.05) is 18.9 Å². The molecule has 0 radical (unpaired) electrons. The molecule has 1 heterocycles. The average molecular weight is 363 g/mol. The lowest BCUT2D eigenvalue weighted by molar-refractivity contribution is -0.149. The summed E-state index contributed by atoms with van der Waals surface area (Å²) in [5, 5.41) is 11.3. The Morgan fingerprint density at radius 1 is 1.11 bits per heavy atom. The highest BCUT2D eigenvalue weighted by Gasteiger charge is 2.41. The minimum atomic E-state index is -0.306. The molecule has 140 valence electrons. The third-order valence-corrected chi connectivity index (χ3v) is 5.40. The summed E-state index contributed by atoms with van der Waals surface area (Å²) in [7, 11) is 0. The van der Waals surface area contributed by atoms with Gasteiger partial charge in [0.15, 0.2) is 0 Å². The van der Waals surface area contributed by atoms with Crippen molar-refractivity contribution in [3.8, 4) is 0 Å². The van der Waals surface area contributed by atoms with Crippen LogP contribution in [-0.4, -0.2) is 17.0 Å². The van der Waals surface area contributed by atoms with Crippen molar-refractivity contribution in [3.05, 3.63) is 70.8 Å².